The number of hydrogen-bond acceptors (Lipinski definition) is 2. The summed E-state index contributed by atoms with van der Waals surface area (Å²) in [5.74, 6) is -0.322. The van der Waals surface area contributed by atoms with E-state index in [2.05, 4.69) is 0 Å². The summed E-state index contributed by atoms with van der Waals surface area (Å²) in [5, 5.41) is 0.436. The maximum atomic E-state index is 12.9. The van der Waals surface area contributed by atoms with Crippen molar-refractivity contribution in [3.8, 4) is 0 Å². The van der Waals surface area contributed by atoms with Crippen LogP contribution in [0.1, 0.15) is 24.8 Å². The second-order valence-corrected chi connectivity index (χ2v) is 5.08. The Labute approximate surface area is 106 Å². The third kappa shape index (κ3) is 2.46. The smallest absolute Gasteiger partial charge is 0.124 e. The molecule has 0 aliphatic heterocycles. The van der Waals surface area contributed by atoms with Crippen LogP contribution in [0.4, 0.5) is 4.39 Å². The number of methoxy groups -OCH3 is 1. The Morgan fingerprint density at radius 2 is 2.24 bits per heavy atom. The van der Waals surface area contributed by atoms with Gasteiger partial charge in [-0.05, 0) is 43.4 Å². The van der Waals surface area contributed by atoms with Crippen LogP contribution < -0.4 is 5.73 Å². The Kier molecular flexibility index (Phi) is 3.71. The Morgan fingerprint density at radius 3 is 2.71 bits per heavy atom. The van der Waals surface area contributed by atoms with Crippen molar-refractivity contribution in [2.24, 2.45) is 5.73 Å². The Morgan fingerprint density at radius 1 is 1.53 bits per heavy atom. The van der Waals surface area contributed by atoms with Gasteiger partial charge in [0.05, 0.1) is 5.60 Å². The highest BCUT2D eigenvalue weighted by Crippen LogP contribution is 2.38. The van der Waals surface area contributed by atoms with E-state index in [4.69, 9.17) is 22.1 Å². The van der Waals surface area contributed by atoms with Gasteiger partial charge in [-0.3, -0.25) is 0 Å². The minimum atomic E-state index is -0.322. The summed E-state index contributed by atoms with van der Waals surface area (Å²) in [7, 11) is 1.70. The second kappa shape index (κ2) is 4.92. The lowest BCUT2D eigenvalue weighted by atomic mass is 9.73. The zero-order chi connectivity index (χ0) is 12.5. The van der Waals surface area contributed by atoms with Crippen LogP contribution in [-0.2, 0) is 11.2 Å². The molecule has 1 unspecified atom stereocenters. The lowest BCUT2D eigenvalue weighted by Gasteiger charge is -2.45. The number of halogens is 2. The molecule has 94 valence electrons. The van der Waals surface area contributed by atoms with Crippen LogP contribution >= 0.6 is 11.6 Å². The van der Waals surface area contributed by atoms with Crippen molar-refractivity contribution in [1.29, 1.82) is 0 Å². The molecule has 0 bridgehead atoms. The fraction of sp³-hybridized carbons (Fsp3) is 0.538. The van der Waals surface area contributed by atoms with Gasteiger partial charge in [-0.2, -0.15) is 0 Å². The third-order valence-electron chi connectivity index (χ3n) is 3.74. The molecule has 1 atom stereocenters. The van der Waals surface area contributed by atoms with Crippen molar-refractivity contribution in [3.05, 3.63) is 34.6 Å². The van der Waals surface area contributed by atoms with Crippen LogP contribution in [0.5, 0.6) is 0 Å². The van der Waals surface area contributed by atoms with Crippen molar-refractivity contribution >= 4 is 11.6 Å². The van der Waals surface area contributed by atoms with Gasteiger partial charge in [0.1, 0.15) is 5.82 Å². The van der Waals surface area contributed by atoms with E-state index in [0.29, 0.717) is 11.4 Å². The molecule has 4 heteroatoms. The minimum Gasteiger partial charge on any atom is -0.377 e. The van der Waals surface area contributed by atoms with Crippen LogP contribution in [0.15, 0.2) is 18.2 Å². The monoisotopic (exact) mass is 257 g/mol. The standard InChI is InChI=1S/C13H17ClFNO/c1-17-13(5-2-6-13)12(16)7-9-3-4-10(15)8-11(9)14/h3-4,8,12H,2,5-7,16H2,1H3. The van der Waals surface area contributed by atoms with E-state index < -0.39 is 0 Å². The highest BCUT2D eigenvalue weighted by molar-refractivity contribution is 6.31. The first-order valence-electron chi connectivity index (χ1n) is 5.82. The van der Waals surface area contributed by atoms with Crippen LogP contribution in [0.3, 0.4) is 0 Å². The number of ether oxygens (including phenoxy) is 1. The second-order valence-electron chi connectivity index (χ2n) is 4.67. The largest absolute Gasteiger partial charge is 0.377 e. The van der Waals surface area contributed by atoms with Crippen molar-refractivity contribution in [3.63, 3.8) is 0 Å². The zero-order valence-electron chi connectivity index (χ0n) is 9.88. The molecule has 0 radical (unpaired) electrons. The molecule has 1 aliphatic carbocycles. The number of rotatable bonds is 4. The van der Waals surface area contributed by atoms with Crippen molar-refractivity contribution in [1.82, 2.24) is 0 Å². The quantitative estimate of drug-likeness (QED) is 0.900. The zero-order valence-corrected chi connectivity index (χ0v) is 10.6. The van der Waals surface area contributed by atoms with Crippen molar-refractivity contribution < 1.29 is 9.13 Å². The van der Waals surface area contributed by atoms with E-state index in [1.54, 1.807) is 13.2 Å². The molecule has 1 aromatic rings. The summed E-state index contributed by atoms with van der Waals surface area (Å²) in [5.41, 5.74) is 6.85. The van der Waals surface area contributed by atoms with E-state index in [0.717, 1.165) is 24.8 Å². The van der Waals surface area contributed by atoms with E-state index in [1.807, 2.05) is 0 Å². The van der Waals surface area contributed by atoms with Gasteiger partial charge >= 0.3 is 0 Å². The SMILES string of the molecule is COC1(C(N)Cc2ccc(F)cc2Cl)CCC1. The number of hydrogen-bond donors (Lipinski definition) is 1. The molecule has 2 rings (SSSR count). The minimum absolute atomic E-state index is 0.0933. The lowest BCUT2D eigenvalue weighted by Crippen LogP contribution is -2.55. The van der Waals surface area contributed by atoms with Gasteiger partial charge in [0.15, 0.2) is 0 Å². The molecule has 1 aromatic carbocycles. The van der Waals surface area contributed by atoms with E-state index in [1.165, 1.54) is 12.1 Å². The summed E-state index contributed by atoms with van der Waals surface area (Å²) >= 11 is 5.99. The predicted octanol–water partition coefficient (Wildman–Crippen LogP) is 2.92. The highest BCUT2D eigenvalue weighted by Gasteiger charge is 2.42. The molecular formula is C13H17ClFNO. The molecule has 0 amide bonds. The van der Waals surface area contributed by atoms with Gasteiger partial charge in [0, 0.05) is 18.2 Å². The van der Waals surface area contributed by atoms with E-state index in [9.17, 15) is 4.39 Å². The lowest BCUT2D eigenvalue weighted by molar-refractivity contribution is -0.0896. The maximum absolute atomic E-state index is 12.9. The normalized spacial score (nSPS) is 19.8. The molecule has 2 nitrogen and oxygen atoms in total. The maximum Gasteiger partial charge on any atom is 0.124 e. The summed E-state index contributed by atoms with van der Waals surface area (Å²) in [4.78, 5) is 0. The first kappa shape index (κ1) is 12.8. The molecule has 1 saturated carbocycles. The van der Waals surface area contributed by atoms with Gasteiger partial charge in [-0.1, -0.05) is 17.7 Å². The molecule has 17 heavy (non-hydrogen) atoms. The summed E-state index contributed by atoms with van der Waals surface area (Å²) in [6.07, 6.45) is 3.75. The summed E-state index contributed by atoms with van der Waals surface area (Å²) in [6, 6.07) is 4.33. The van der Waals surface area contributed by atoms with Crippen LogP contribution in [0.2, 0.25) is 5.02 Å². The van der Waals surface area contributed by atoms with Gasteiger partial charge in [0.25, 0.3) is 0 Å². The fourth-order valence-electron chi connectivity index (χ4n) is 2.36. The Balaban J connectivity index is 2.10. The highest BCUT2D eigenvalue weighted by atomic mass is 35.5. The van der Waals surface area contributed by atoms with E-state index >= 15 is 0 Å². The Hall–Kier alpha value is -0.640. The van der Waals surface area contributed by atoms with Crippen LogP contribution in [0, 0.1) is 5.82 Å². The molecular weight excluding hydrogens is 241 g/mol. The van der Waals surface area contributed by atoms with Crippen LogP contribution in [0.25, 0.3) is 0 Å². The molecule has 1 fully saturated rings. The van der Waals surface area contributed by atoms with E-state index in [-0.39, 0.29) is 17.5 Å². The summed E-state index contributed by atoms with van der Waals surface area (Å²) < 4.78 is 18.5. The van der Waals surface area contributed by atoms with Crippen molar-refractivity contribution in [2.75, 3.05) is 7.11 Å². The summed E-state index contributed by atoms with van der Waals surface area (Å²) in [6.45, 7) is 0. The molecule has 0 spiro atoms. The molecule has 0 saturated heterocycles. The number of nitrogens with two attached hydrogens (primary N) is 1. The first-order valence-corrected chi connectivity index (χ1v) is 6.20. The van der Waals surface area contributed by atoms with Crippen LogP contribution in [-0.4, -0.2) is 18.8 Å². The van der Waals surface area contributed by atoms with Crippen molar-refractivity contribution in [2.45, 2.75) is 37.3 Å². The van der Waals surface area contributed by atoms with Gasteiger partial charge in [0.2, 0.25) is 0 Å². The third-order valence-corrected chi connectivity index (χ3v) is 4.09. The fourth-order valence-corrected chi connectivity index (χ4v) is 2.61. The average Bonchev–Trinajstić information content (AvgIpc) is 2.21. The first-order chi connectivity index (χ1) is 8.07. The molecule has 1 aliphatic rings. The molecule has 2 N–H and O–H groups in total. The molecule has 0 aromatic heterocycles. The van der Waals surface area contributed by atoms with Gasteiger partial charge < -0.3 is 10.5 Å². The Bertz CT molecular complexity index is 401. The molecule has 0 heterocycles. The predicted molar refractivity (Wildman–Crippen MR) is 66.7 cm³/mol. The number of benzene rings is 1. The van der Waals surface area contributed by atoms with Gasteiger partial charge in [-0.15, -0.1) is 0 Å². The van der Waals surface area contributed by atoms with Gasteiger partial charge in [-0.25, -0.2) is 4.39 Å². The average molecular weight is 258 g/mol. The topological polar surface area (TPSA) is 35.2 Å².